The summed E-state index contributed by atoms with van der Waals surface area (Å²) >= 11 is 0. The van der Waals surface area contributed by atoms with Crippen molar-refractivity contribution < 1.29 is 4.74 Å². The number of aromatic nitrogens is 2. The third-order valence-corrected chi connectivity index (χ3v) is 6.25. The molecule has 1 unspecified atom stereocenters. The Balaban J connectivity index is 1.25. The summed E-state index contributed by atoms with van der Waals surface area (Å²) in [6.07, 6.45) is 10.1. The zero-order chi connectivity index (χ0) is 20.2. The van der Waals surface area contributed by atoms with Crippen molar-refractivity contribution in [2.24, 2.45) is 5.92 Å². The molecule has 5 rings (SSSR count). The highest BCUT2D eigenvalue weighted by molar-refractivity contribution is 5.74. The van der Waals surface area contributed by atoms with Crippen LogP contribution in [-0.4, -0.2) is 71.7 Å². The molecule has 3 aliphatic rings. The van der Waals surface area contributed by atoms with E-state index in [0.29, 0.717) is 5.92 Å². The van der Waals surface area contributed by atoms with E-state index in [0.717, 1.165) is 63.6 Å². The minimum atomic E-state index is -0.582. The second-order valence-electron chi connectivity index (χ2n) is 8.34. The Morgan fingerprint density at radius 2 is 1.93 bits per heavy atom. The number of nitrogens with zero attached hydrogens (tertiary/aromatic N) is 3. The molecule has 1 atom stereocenters. The summed E-state index contributed by atoms with van der Waals surface area (Å²) in [4.78, 5) is 4.95. The lowest BCUT2D eigenvalue weighted by Crippen LogP contribution is -2.64. The van der Waals surface area contributed by atoms with Crippen LogP contribution in [0.4, 0.5) is 0 Å². The molecule has 0 spiro atoms. The van der Waals surface area contributed by atoms with Crippen LogP contribution in [0.3, 0.4) is 0 Å². The van der Waals surface area contributed by atoms with Gasteiger partial charge in [0, 0.05) is 75.3 Å². The Morgan fingerprint density at radius 3 is 2.57 bits per heavy atom. The van der Waals surface area contributed by atoms with Crippen molar-refractivity contribution in [3.05, 3.63) is 72.2 Å². The van der Waals surface area contributed by atoms with Crippen LogP contribution < -0.4 is 10.6 Å². The molecule has 2 fully saturated rings. The molecule has 1 aromatic carbocycles. The van der Waals surface area contributed by atoms with E-state index < -0.39 is 5.85 Å². The van der Waals surface area contributed by atoms with Crippen LogP contribution in [-0.2, 0) is 11.3 Å². The van der Waals surface area contributed by atoms with Crippen LogP contribution in [0.1, 0.15) is 11.1 Å². The molecule has 0 saturated carbocycles. The van der Waals surface area contributed by atoms with E-state index in [1.54, 1.807) is 0 Å². The van der Waals surface area contributed by atoms with Gasteiger partial charge in [-0.2, -0.15) is 5.10 Å². The number of hydrogen-bond acceptors (Lipinski definition) is 6. The fraction of sp³-hybridized carbons (Fsp3) is 0.435. The maximum Gasteiger partial charge on any atom is 0.218 e. The smallest absolute Gasteiger partial charge is 0.218 e. The molecule has 0 bridgehead atoms. The van der Waals surface area contributed by atoms with Gasteiger partial charge in [0.15, 0.2) is 0 Å². The zero-order valence-corrected chi connectivity index (χ0v) is 17.3. The number of nitrogens with one attached hydrogen (secondary N) is 3. The van der Waals surface area contributed by atoms with Gasteiger partial charge in [-0.3, -0.25) is 14.9 Å². The topological polar surface area (TPSA) is 68.5 Å². The lowest BCUT2D eigenvalue weighted by Gasteiger charge is -2.47. The van der Waals surface area contributed by atoms with E-state index in [4.69, 9.17) is 4.74 Å². The van der Waals surface area contributed by atoms with Gasteiger partial charge in [-0.15, -0.1) is 0 Å². The molecule has 0 amide bonds. The molecular weight excluding hydrogens is 376 g/mol. The molecule has 7 nitrogen and oxygen atoms in total. The van der Waals surface area contributed by atoms with Crippen molar-refractivity contribution in [1.82, 2.24) is 30.6 Å². The van der Waals surface area contributed by atoms with Crippen molar-refractivity contribution in [2.75, 3.05) is 45.9 Å². The minimum Gasteiger partial charge on any atom is -0.347 e. The predicted molar refractivity (Wildman–Crippen MR) is 117 cm³/mol. The second kappa shape index (κ2) is 8.73. The van der Waals surface area contributed by atoms with Gasteiger partial charge in [0.05, 0.1) is 12.8 Å². The molecule has 1 aromatic heterocycles. The number of dihydropyridines is 1. The Morgan fingerprint density at radius 1 is 1.10 bits per heavy atom. The van der Waals surface area contributed by atoms with Gasteiger partial charge >= 0.3 is 0 Å². The van der Waals surface area contributed by atoms with Gasteiger partial charge < -0.3 is 15.4 Å². The lowest BCUT2D eigenvalue weighted by atomic mass is 10.0. The van der Waals surface area contributed by atoms with Crippen LogP contribution in [0, 0.1) is 5.92 Å². The number of aromatic amines is 1. The number of hydrogen-bond donors (Lipinski definition) is 3. The van der Waals surface area contributed by atoms with Crippen LogP contribution in [0.5, 0.6) is 0 Å². The van der Waals surface area contributed by atoms with E-state index in [2.05, 4.69) is 79.3 Å². The SMILES string of the molecule is C1=CC(OCC2CNC2)(N2CCN(Cc3ccccc3)CC2)NC=C1c1cn[nH]c1. The standard InChI is InChI=1S/C23H30N6O/c1-2-4-19(5-3-1)17-28-8-10-29(11-9-28)23(30-18-20-12-24-13-20)7-6-21(14-25-23)22-15-26-27-16-22/h1-7,14-16,20,24-25H,8-13,17-18H2,(H,26,27). The first kappa shape index (κ1) is 19.5. The minimum absolute atomic E-state index is 0.582. The van der Waals surface area contributed by atoms with Crippen LogP contribution in [0.15, 0.2) is 61.1 Å². The van der Waals surface area contributed by atoms with Crippen molar-refractivity contribution in [2.45, 2.75) is 12.4 Å². The summed E-state index contributed by atoms with van der Waals surface area (Å²) in [5, 5.41) is 13.9. The van der Waals surface area contributed by atoms with Gasteiger partial charge in [-0.25, -0.2) is 0 Å². The summed E-state index contributed by atoms with van der Waals surface area (Å²) in [7, 11) is 0. The monoisotopic (exact) mass is 406 g/mol. The van der Waals surface area contributed by atoms with Crippen LogP contribution in [0.2, 0.25) is 0 Å². The number of rotatable bonds is 7. The molecule has 3 N–H and O–H groups in total. The molecule has 30 heavy (non-hydrogen) atoms. The summed E-state index contributed by atoms with van der Waals surface area (Å²) in [6, 6.07) is 10.7. The molecule has 7 heteroatoms. The number of H-pyrrole nitrogens is 1. The van der Waals surface area contributed by atoms with Crippen LogP contribution in [0.25, 0.3) is 5.57 Å². The van der Waals surface area contributed by atoms with E-state index in [-0.39, 0.29) is 0 Å². The fourth-order valence-electron chi connectivity index (χ4n) is 4.24. The first-order valence-corrected chi connectivity index (χ1v) is 10.8. The number of ether oxygens (including phenoxy) is 1. The van der Waals surface area contributed by atoms with Gasteiger partial charge in [0.25, 0.3) is 0 Å². The molecule has 3 aliphatic heterocycles. The quantitative estimate of drug-likeness (QED) is 0.649. The van der Waals surface area contributed by atoms with E-state index in [9.17, 15) is 0 Å². The summed E-state index contributed by atoms with van der Waals surface area (Å²) in [6.45, 7) is 7.82. The van der Waals surface area contributed by atoms with Gasteiger partial charge in [-0.05, 0) is 11.6 Å². The van der Waals surface area contributed by atoms with Gasteiger partial charge in [0.1, 0.15) is 0 Å². The normalized spacial score (nSPS) is 25.5. The number of allylic oxidation sites excluding steroid dienone is 2. The molecule has 158 valence electrons. The van der Waals surface area contributed by atoms with Crippen molar-refractivity contribution in [3.63, 3.8) is 0 Å². The van der Waals surface area contributed by atoms with Crippen molar-refractivity contribution in [1.29, 1.82) is 0 Å². The van der Waals surface area contributed by atoms with E-state index in [1.165, 1.54) is 5.56 Å². The molecule has 4 heterocycles. The second-order valence-corrected chi connectivity index (χ2v) is 8.34. The number of benzene rings is 1. The molecule has 2 aromatic rings. The third kappa shape index (κ3) is 4.20. The summed E-state index contributed by atoms with van der Waals surface area (Å²) in [5.74, 6) is 0.0116. The predicted octanol–water partition coefficient (Wildman–Crippen LogP) is 1.62. The van der Waals surface area contributed by atoms with Crippen LogP contribution >= 0.6 is 0 Å². The van der Waals surface area contributed by atoms with Gasteiger partial charge in [0.2, 0.25) is 5.85 Å². The maximum atomic E-state index is 6.53. The Bertz CT molecular complexity index is 868. The highest BCUT2D eigenvalue weighted by Gasteiger charge is 2.39. The fourth-order valence-corrected chi connectivity index (χ4v) is 4.24. The van der Waals surface area contributed by atoms with Crippen molar-refractivity contribution >= 4 is 5.57 Å². The first-order chi connectivity index (χ1) is 14.8. The van der Waals surface area contributed by atoms with E-state index >= 15 is 0 Å². The van der Waals surface area contributed by atoms with Crippen molar-refractivity contribution in [3.8, 4) is 0 Å². The lowest BCUT2D eigenvalue weighted by molar-refractivity contribution is -0.159. The third-order valence-electron chi connectivity index (χ3n) is 6.25. The van der Waals surface area contributed by atoms with E-state index in [1.807, 2.05) is 12.4 Å². The highest BCUT2D eigenvalue weighted by Crippen LogP contribution is 2.27. The zero-order valence-electron chi connectivity index (χ0n) is 17.3. The molecular formula is C23H30N6O. The van der Waals surface area contributed by atoms with Gasteiger partial charge in [-0.1, -0.05) is 36.4 Å². The average Bonchev–Trinajstić information content (AvgIpc) is 3.29. The first-order valence-electron chi connectivity index (χ1n) is 10.8. The average molecular weight is 407 g/mol. The number of piperazine rings is 1. The summed E-state index contributed by atoms with van der Waals surface area (Å²) in [5.41, 5.74) is 3.55. The Kier molecular flexibility index (Phi) is 5.68. The maximum absolute atomic E-state index is 6.53. The molecule has 0 radical (unpaired) electrons. The largest absolute Gasteiger partial charge is 0.347 e. The Hall–Kier alpha value is -2.45. The Labute approximate surface area is 177 Å². The highest BCUT2D eigenvalue weighted by atomic mass is 16.5. The molecule has 2 saturated heterocycles. The summed E-state index contributed by atoms with van der Waals surface area (Å²) < 4.78 is 6.53. The molecule has 0 aliphatic carbocycles.